The molecule has 0 aromatic heterocycles. The van der Waals surface area contributed by atoms with Crippen LogP contribution in [0.25, 0.3) is 5.57 Å². The zero-order valence-electron chi connectivity index (χ0n) is 31.0. The third-order valence-corrected chi connectivity index (χ3v) is 14.1. The fourth-order valence-electron chi connectivity index (χ4n) is 8.08. The largest absolute Gasteiger partial charge is 0.494 e. The molecule has 0 saturated carbocycles. The number of nitrogens with zero attached hydrogens (tertiary/aromatic N) is 1. The van der Waals surface area contributed by atoms with Gasteiger partial charge in [0.2, 0.25) is 5.37 Å². The molecule has 3 aliphatic rings. The molecule has 1 fully saturated rings. The second kappa shape index (κ2) is 16.6. The fraction of sp³-hybridized carbons (Fsp3) is 0.500. The normalized spacial score (nSPS) is 22.3. The molecule has 2 heterocycles. The zero-order valence-corrected chi connectivity index (χ0v) is 34.3. The molecule has 19 heteroatoms. The van der Waals surface area contributed by atoms with Gasteiger partial charge < -0.3 is 9.47 Å². The Bertz CT molecular complexity index is 2200. The lowest BCUT2D eigenvalue weighted by atomic mass is 9.80. The molecule has 1 spiro atoms. The van der Waals surface area contributed by atoms with E-state index in [1.54, 1.807) is 18.2 Å². The SMILES string of the molecule is CC1(C)C(C=C/C=C2\C(C)(C)c3cc(OCCCS(=O)(=O)O)ccc3[N+]23CCC3S(=O)(=O)O)=C(CCCS(=O)(=O)O)c2ccc(OCCCSOOO)cc21. The standard InChI is InChI=1S/C36H47NO14S4/c1-35(2)29(27(9-6-21-53(39,40)41)28-14-12-25(23-30(28)35)48-18-7-20-52-51-50-38)10-5-11-33-36(3,4)31-24-26(49-19-8-22-54(42,43)44)13-15-32(31)37(33)17-16-34(37)55(45,46)47/h5,10-15,23-24,34H,6-9,16-22H2,1-4H3,(H3-,38,39,40,41,42,43,44,45,46,47)/p+1/b10-5?,33-11+. The summed E-state index contributed by atoms with van der Waals surface area (Å²) >= 11 is 0.937. The Morgan fingerprint density at radius 2 is 1.45 bits per heavy atom. The average Bonchev–Trinajstić information content (AvgIpc) is 3.39. The van der Waals surface area contributed by atoms with Crippen molar-refractivity contribution in [3.8, 4) is 11.5 Å². The highest BCUT2D eigenvalue weighted by atomic mass is 32.2. The maximum Gasteiger partial charge on any atom is 0.320 e. The highest BCUT2D eigenvalue weighted by Gasteiger charge is 2.66. The molecule has 1 aliphatic carbocycles. The maximum atomic E-state index is 12.8. The van der Waals surface area contributed by atoms with Crippen LogP contribution < -0.4 is 14.0 Å². The van der Waals surface area contributed by atoms with Crippen LogP contribution in [0.4, 0.5) is 5.69 Å². The van der Waals surface area contributed by atoms with Crippen molar-refractivity contribution in [2.45, 2.75) is 76.0 Å². The maximum absolute atomic E-state index is 12.8. The molecule has 15 nitrogen and oxygen atoms in total. The van der Waals surface area contributed by atoms with E-state index in [-0.39, 0.29) is 30.4 Å². The molecule has 5 rings (SSSR count). The minimum Gasteiger partial charge on any atom is -0.494 e. The van der Waals surface area contributed by atoms with Crippen LogP contribution >= 0.6 is 12.0 Å². The van der Waals surface area contributed by atoms with E-state index in [0.717, 1.165) is 45.6 Å². The highest BCUT2D eigenvalue weighted by Crippen LogP contribution is 2.59. The number of benzene rings is 2. The van der Waals surface area contributed by atoms with Crippen LogP contribution in [0.15, 0.2) is 65.9 Å². The molecule has 1 saturated heterocycles. The van der Waals surface area contributed by atoms with Gasteiger partial charge in [-0.15, -0.1) is 4.33 Å². The van der Waals surface area contributed by atoms with Crippen LogP contribution in [0.3, 0.4) is 0 Å². The zero-order chi connectivity index (χ0) is 40.5. The van der Waals surface area contributed by atoms with Gasteiger partial charge in [-0.2, -0.15) is 25.3 Å². The Balaban J connectivity index is 1.50. The fourth-order valence-corrected chi connectivity index (χ4v) is 10.6. The number of quaternary nitrogens is 1. The van der Waals surface area contributed by atoms with E-state index in [0.29, 0.717) is 48.9 Å². The second-order valence-electron chi connectivity index (χ2n) is 14.8. The minimum absolute atomic E-state index is 0.0292. The van der Waals surface area contributed by atoms with Crippen LogP contribution in [-0.2, 0) is 50.6 Å². The van der Waals surface area contributed by atoms with Gasteiger partial charge in [-0.1, -0.05) is 37.1 Å². The molecule has 304 valence electrons. The summed E-state index contributed by atoms with van der Waals surface area (Å²) in [7, 11) is -12.8. The molecule has 0 radical (unpaired) electrons. The van der Waals surface area contributed by atoms with Gasteiger partial charge in [0.05, 0.1) is 43.1 Å². The number of fused-ring (bicyclic) bond motifs is 3. The van der Waals surface area contributed by atoms with Crippen LogP contribution in [0.1, 0.15) is 76.5 Å². The van der Waals surface area contributed by atoms with E-state index in [1.807, 2.05) is 64.1 Å². The van der Waals surface area contributed by atoms with E-state index in [9.17, 15) is 34.4 Å². The smallest absolute Gasteiger partial charge is 0.320 e. The van der Waals surface area contributed by atoms with Crippen molar-refractivity contribution in [1.82, 2.24) is 4.48 Å². The second-order valence-corrected chi connectivity index (χ2v) is 20.3. The first-order valence-corrected chi connectivity index (χ1v) is 23.3. The molecule has 2 aromatic rings. The van der Waals surface area contributed by atoms with E-state index in [2.05, 4.69) is 9.37 Å². The molecule has 2 unspecified atom stereocenters. The topological polar surface area (TPSA) is 220 Å². The Labute approximate surface area is 326 Å². The van der Waals surface area contributed by atoms with Gasteiger partial charge >= 0.3 is 10.1 Å². The molecular formula is C36H48NO14S4+. The molecule has 0 bridgehead atoms. The van der Waals surface area contributed by atoms with Crippen LogP contribution in [-0.4, -0.2) is 86.6 Å². The van der Waals surface area contributed by atoms with Gasteiger partial charge in [0.25, 0.3) is 20.2 Å². The first-order valence-electron chi connectivity index (χ1n) is 17.7. The Morgan fingerprint density at radius 3 is 2.05 bits per heavy atom. The lowest BCUT2D eigenvalue weighted by molar-refractivity contribution is -0.432. The summed E-state index contributed by atoms with van der Waals surface area (Å²) in [6.45, 7) is 8.84. The number of hydrogen-bond donors (Lipinski definition) is 4. The lowest BCUT2D eigenvalue weighted by Crippen LogP contribution is -2.68. The Kier molecular flexibility index (Phi) is 13.0. The van der Waals surface area contributed by atoms with Gasteiger partial charge in [-0.3, -0.25) is 13.7 Å². The monoisotopic (exact) mass is 846 g/mol. The Morgan fingerprint density at radius 1 is 0.836 bits per heavy atom. The molecule has 4 N–H and O–H groups in total. The van der Waals surface area contributed by atoms with Crippen LogP contribution in [0.5, 0.6) is 11.5 Å². The third kappa shape index (κ3) is 9.50. The Hall–Kier alpha value is -2.82. The van der Waals surface area contributed by atoms with E-state index < -0.39 is 58.1 Å². The summed E-state index contributed by atoms with van der Waals surface area (Å²) < 4.78 is 116. The lowest BCUT2D eigenvalue weighted by Gasteiger charge is -2.49. The first kappa shape index (κ1) is 43.3. The van der Waals surface area contributed by atoms with Crippen molar-refractivity contribution >= 4 is 53.7 Å². The molecule has 55 heavy (non-hydrogen) atoms. The molecular weight excluding hydrogens is 799 g/mol. The van der Waals surface area contributed by atoms with Crippen molar-refractivity contribution < 1.29 is 63.0 Å². The predicted molar refractivity (Wildman–Crippen MR) is 209 cm³/mol. The summed E-state index contributed by atoms with van der Waals surface area (Å²) in [4.78, 5) is 0. The number of allylic oxidation sites excluding steroid dienone is 6. The summed E-state index contributed by atoms with van der Waals surface area (Å²) in [5, 5.41) is 10.8. The average molecular weight is 847 g/mol. The highest BCUT2D eigenvalue weighted by molar-refractivity contribution is 7.94. The third-order valence-electron chi connectivity index (χ3n) is 10.6. The van der Waals surface area contributed by atoms with E-state index in [4.69, 9.17) is 19.3 Å². The molecule has 2 aliphatic heterocycles. The first-order chi connectivity index (χ1) is 25.6. The summed E-state index contributed by atoms with van der Waals surface area (Å²) in [6.07, 6.45) is 7.13. The van der Waals surface area contributed by atoms with Gasteiger partial charge in [-0.25, -0.2) is 9.74 Å². The van der Waals surface area contributed by atoms with Crippen molar-refractivity contribution in [1.29, 1.82) is 0 Å². The van der Waals surface area contributed by atoms with Gasteiger partial charge in [0, 0.05) is 34.8 Å². The van der Waals surface area contributed by atoms with Gasteiger partial charge in [-0.05, 0) is 92.1 Å². The van der Waals surface area contributed by atoms with E-state index >= 15 is 0 Å². The molecule has 2 aromatic carbocycles. The summed E-state index contributed by atoms with van der Waals surface area (Å²) in [5.41, 5.74) is 4.56. The summed E-state index contributed by atoms with van der Waals surface area (Å²) in [6, 6.07) is 11.0. The number of hydrogen-bond acceptors (Lipinski definition) is 12. The molecule has 0 amide bonds. The van der Waals surface area contributed by atoms with Gasteiger partial charge in [0.1, 0.15) is 22.9 Å². The predicted octanol–water partition coefficient (Wildman–Crippen LogP) is 6.25. The minimum atomic E-state index is -4.49. The van der Waals surface area contributed by atoms with Crippen LogP contribution in [0.2, 0.25) is 0 Å². The van der Waals surface area contributed by atoms with Crippen molar-refractivity contribution in [2.75, 3.05) is 37.0 Å². The number of rotatable bonds is 19. The van der Waals surface area contributed by atoms with Gasteiger partial charge in [0.15, 0.2) is 0 Å². The molecule has 2 atom stereocenters. The van der Waals surface area contributed by atoms with Crippen LogP contribution in [0, 0.1) is 0 Å². The van der Waals surface area contributed by atoms with Crippen molar-refractivity contribution in [3.05, 3.63) is 82.6 Å². The number of ether oxygens (including phenoxy) is 2. The quantitative estimate of drug-likeness (QED) is 0.0307. The van der Waals surface area contributed by atoms with E-state index in [1.165, 1.54) is 0 Å². The van der Waals surface area contributed by atoms with Crippen molar-refractivity contribution in [2.24, 2.45) is 0 Å². The summed E-state index contributed by atoms with van der Waals surface area (Å²) in [5.74, 6) is 0.732. The van der Waals surface area contributed by atoms with Crippen molar-refractivity contribution in [3.63, 3.8) is 0 Å².